The SMILES string of the molecule is O=C(Nc1ccc2c(c1)CNCC2)c1sccc1Cl. The molecule has 0 spiro atoms. The van der Waals surface area contributed by atoms with E-state index in [0.717, 1.165) is 25.2 Å². The number of benzene rings is 1. The molecule has 5 heteroatoms. The number of fused-ring (bicyclic) bond motifs is 1. The Morgan fingerprint density at radius 2 is 2.21 bits per heavy atom. The highest BCUT2D eigenvalue weighted by Gasteiger charge is 2.14. The third-order valence-corrected chi connectivity index (χ3v) is 4.51. The van der Waals surface area contributed by atoms with Gasteiger partial charge in [0.1, 0.15) is 4.88 Å². The highest BCUT2D eigenvalue weighted by atomic mass is 35.5. The third-order valence-electron chi connectivity index (χ3n) is 3.17. The van der Waals surface area contributed by atoms with E-state index in [9.17, 15) is 4.79 Å². The maximum Gasteiger partial charge on any atom is 0.267 e. The van der Waals surface area contributed by atoms with Crippen LogP contribution < -0.4 is 10.6 Å². The van der Waals surface area contributed by atoms with Crippen LogP contribution in [0, 0.1) is 0 Å². The molecule has 1 aliphatic heterocycles. The Balaban J connectivity index is 1.80. The topological polar surface area (TPSA) is 41.1 Å². The van der Waals surface area contributed by atoms with Gasteiger partial charge >= 0.3 is 0 Å². The molecule has 2 N–H and O–H groups in total. The maximum absolute atomic E-state index is 12.1. The smallest absolute Gasteiger partial charge is 0.267 e. The zero-order chi connectivity index (χ0) is 13.2. The lowest BCUT2D eigenvalue weighted by Gasteiger charge is -2.18. The molecule has 0 fully saturated rings. The van der Waals surface area contributed by atoms with Crippen molar-refractivity contribution in [1.82, 2.24) is 5.32 Å². The van der Waals surface area contributed by atoms with Gasteiger partial charge in [-0.25, -0.2) is 0 Å². The molecule has 1 amide bonds. The first-order chi connectivity index (χ1) is 9.24. The van der Waals surface area contributed by atoms with Crippen molar-refractivity contribution in [2.24, 2.45) is 0 Å². The number of hydrogen-bond acceptors (Lipinski definition) is 3. The van der Waals surface area contributed by atoms with Crippen LogP contribution in [0.5, 0.6) is 0 Å². The Bertz CT molecular complexity index is 624. The second-order valence-corrected chi connectivity index (χ2v) is 5.79. The van der Waals surface area contributed by atoms with Crippen molar-refractivity contribution in [2.45, 2.75) is 13.0 Å². The summed E-state index contributed by atoms with van der Waals surface area (Å²) in [6.07, 6.45) is 1.04. The summed E-state index contributed by atoms with van der Waals surface area (Å²) in [5.74, 6) is -0.149. The van der Waals surface area contributed by atoms with E-state index in [4.69, 9.17) is 11.6 Å². The zero-order valence-corrected chi connectivity index (χ0v) is 11.8. The average Bonchev–Trinajstić information content (AvgIpc) is 2.85. The van der Waals surface area contributed by atoms with Crippen molar-refractivity contribution < 1.29 is 4.79 Å². The maximum atomic E-state index is 12.1. The van der Waals surface area contributed by atoms with Crippen LogP contribution in [-0.2, 0) is 13.0 Å². The van der Waals surface area contributed by atoms with Gasteiger partial charge in [0, 0.05) is 12.2 Å². The van der Waals surface area contributed by atoms with Crippen molar-refractivity contribution in [3.05, 3.63) is 50.7 Å². The highest BCUT2D eigenvalue weighted by molar-refractivity contribution is 7.12. The first kappa shape index (κ1) is 12.7. The van der Waals surface area contributed by atoms with Gasteiger partial charge in [-0.2, -0.15) is 0 Å². The minimum atomic E-state index is -0.149. The number of carbonyl (C=O) groups excluding carboxylic acids is 1. The number of rotatable bonds is 2. The van der Waals surface area contributed by atoms with Gasteiger partial charge in [0.25, 0.3) is 5.91 Å². The molecule has 19 heavy (non-hydrogen) atoms. The fraction of sp³-hybridized carbons (Fsp3) is 0.214. The first-order valence-electron chi connectivity index (χ1n) is 6.11. The number of nitrogens with one attached hydrogen (secondary N) is 2. The summed E-state index contributed by atoms with van der Waals surface area (Å²) in [5, 5.41) is 8.54. The van der Waals surface area contributed by atoms with Crippen molar-refractivity contribution >= 4 is 34.5 Å². The van der Waals surface area contributed by atoms with Gasteiger partial charge in [0.05, 0.1) is 5.02 Å². The molecule has 0 saturated heterocycles. The van der Waals surface area contributed by atoms with Crippen molar-refractivity contribution in [3.8, 4) is 0 Å². The summed E-state index contributed by atoms with van der Waals surface area (Å²) in [6, 6.07) is 7.80. The van der Waals surface area contributed by atoms with Gasteiger partial charge < -0.3 is 10.6 Å². The number of halogens is 1. The quantitative estimate of drug-likeness (QED) is 0.892. The highest BCUT2D eigenvalue weighted by Crippen LogP contribution is 2.24. The van der Waals surface area contributed by atoms with Gasteiger partial charge in [-0.1, -0.05) is 17.7 Å². The van der Waals surface area contributed by atoms with E-state index in [1.165, 1.54) is 22.5 Å². The minimum absolute atomic E-state index is 0.149. The summed E-state index contributed by atoms with van der Waals surface area (Å²) in [7, 11) is 0. The second kappa shape index (κ2) is 5.33. The van der Waals surface area contributed by atoms with Gasteiger partial charge in [-0.15, -0.1) is 11.3 Å². The third kappa shape index (κ3) is 2.66. The Morgan fingerprint density at radius 3 is 3.00 bits per heavy atom. The molecule has 2 heterocycles. The summed E-state index contributed by atoms with van der Waals surface area (Å²) in [5.41, 5.74) is 3.42. The molecule has 0 bridgehead atoms. The molecule has 0 saturated carbocycles. The summed E-state index contributed by atoms with van der Waals surface area (Å²) in [4.78, 5) is 12.6. The number of thiophene rings is 1. The molecule has 0 aliphatic carbocycles. The first-order valence-corrected chi connectivity index (χ1v) is 7.36. The van der Waals surface area contributed by atoms with Crippen LogP contribution in [0.2, 0.25) is 5.02 Å². The van der Waals surface area contributed by atoms with Crippen molar-refractivity contribution in [2.75, 3.05) is 11.9 Å². The number of amides is 1. The van der Waals surface area contributed by atoms with Gasteiger partial charge in [-0.05, 0) is 47.7 Å². The van der Waals surface area contributed by atoms with Crippen molar-refractivity contribution in [3.63, 3.8) is 0 Å². The van der Waals surface area contributed by atoms with Crippen LogP contribution in [0.3, 0.4) is 0 Å². The minimum Gasteiger partial charge on any atom is -0.321 e. The second-order valence-electron chi connectivity index (χ2n) is 4.46. The van der Waals surface area contributed by atoms with E-state index < -0.39 is 0 Å². The number of carbonyl (C=O) groups is 1. The largest absolute Gasteiger partial charge is 0.321 e. The van der Waals surface area contributed by atoms with Crippen LogP contribution in [0.25, 0.3) is 0 Å². The molecule has 1 aromatic carbocycles. The predicted octanol–water partition coefficient (Wildman–Crippen LogP) is 3.30. The van der Waals surface area contributed by atoms with Gasteiger partial charge in [0.2, 0.25) is 0 Å². The molecule has 0 atom stereocenters. The van der Waals surface area contributed by atoms with Gasteiger partial charge in [0.15, 0.2) is 0 Å². The van der Waals surface area contributed by atoms with Crippen molar-refractivity contribution in [1.29, 1.82) is 0 Å². The Kier molecular flexibility index (Phi) is 3.55. The summed E-state index contributed by atoms with van der Waals surface area (Å²) in [6.45, 7) is 1.88. The van der Waals surface area contributed by atoms with E-state index in [1.54, 1.807) is 6.07 Å². The van der Waals surface area contributed by atoms with E-state index in [-0.39, 0.29) is 5.91 Å². The molecular weight excluding hydrogens is 280 g/mol. The zero-order valence-electron chi connectivity index (χ0n) is 10.2. The molecule has 98 valence electrons. The fourth-order valence-electron chi connectivity index (χ4n) is 2.20. The fourth-order valence-corrected chi connectivity index (χ4v) is 3.24. The van der Waals surface area contributed by atoms with E-state index >= 15 is 0 Å². The summed E-state index contributed by atoms with van der Waals surface area (Å²) >= 11 is 7.31. The number of anilines is 1. The van der Waals surface area contributed by atoms with Crippen LogP contribution in [0.1, 0.15) is 20.8 Å². The van der Waals surface area contributed by atoms with Gasteiger partial charge in [-0.3, -0.25) is 4.79 Å². The molecule has 1 aromatic heterocycles. The predicted molar refractivity (Wildman–Crippen MR) is 79.1 cm³/mol. The van der Waals surface area contributed by atoms with Crippen LogP contribution >= 0.6 is 22.9 Å². The van der Waals surface area contributed by atoms with Crippen LogP contribution in [-0.4, -0.2) is 12.5 Å². The van der Waals surface area contributed by atoms with Crippen LogP contribution in [0.4, 0.5) is 5.69 Å². The average molecular weight is 293 g/mol. The number of hydrogen-bond donors (Lipinski definition) is 2. The van der Waals surface area contributed by atoms with E-state index in [1.807, 2.05) is 17.5 Å². The van der Waals surface area contributed by atoms with E-state index in [2.05, 4.69) is 16.7 Å². The summed E-state index contributed by atoms with van der Waals surface area (Å²) < 4.78 is 0. The molecule has 2 aromatic rings. The lowest BCUT2D eigenvalue weighted by molar-refractivity contribution is 0.103. The lowest BCUT2D eigenvalue weighted by atomic mass is 10.0. The monoisotopic (exact) mass is 292 g/mol. The molecule has 3 nitrogen and oxygen atoms in total. The van der Waals surface area contributed by atoms with Crippen LogP contribution in [0.15, 0.2) is 29.6 Å². The molecular formula is C14H13ClN2OS. The molecule has 0 radical (unpaired) electrons. The van der Waals surface area contributed by atoms with E-state index in [0.29, 0.717) is 9.90 Å². The standard InChI is InChI=1S/C14H13ClN2OS/c15-12-4-6-19-13(12)14(18)17-11-2-1-9-3-5-16-8-10(9)7-11/h1-2,4,6-7,16H,3,5,8H2,(H,17,18). The lowest BCUT2D eigenvalue weighted by Crippen LogP contribution is -2.23. The Hall–Kier alpha value is -1.36. The Labute approximate surface area is 120 Å². The molecule has 1 aliphatic rings. The molecule has 0 unspecified atom stereocenters. The Morgan fingerprint density at radius 1 is 1.32 bits per heavy atom. The molecule has 3 rings (SSSR count). The normalized spacial score (nSPS) is 13.9.